The topological polar surface area (TPSA) is 49.9 Å². The summed E-state index contributed by atoms with van der Waals surface area (Å²) in [5.41, 5.74) is 2.56. The molecule has 0 spiro atoms. The lowest BCUT2D eigenvalue weighted by molar-refractivity contribution is -0.134. The summed E-state index contributed by atoms with van der Waals surface area (Å²) in [6.07, 6.45) is 1.68. The highest BCUT2D eigenvalue weighted by Crippen LogP contribution is 2.52. The third-order valence-corrected chi connectivity index (χ3v) is 4.56. The summed E-state index contributed by atoms with van der Waals surface area (Å²) in [4.78, 5) is 27.5. The molecule has 2 bridgehead atoms. The van der Waals surface area contributed by atoms with Crippen molar-refractivity contribution in [2.24, 2.45) is 0 Å². The zero-order chi connectivity index (χ0) is 13.7. The second-order valence-electron chi connectivity index (χ2n) is 5.57. The number of fused-ring (bicyclic) bond motifs is 5. The van der Waals surface area contributed by atoms with Crippen molar-refractivity contribution < 1.29 is 14.3 Å². The molecular weight excluding hydrogens is 256 g/mol. The Morgan fingerprint density at radius 3 is 2.40 bits per heavy atom. The zero-order valence-corrected chi connectivity index (χ0v) is 11.1. The van der Waals surface area contributed by atoms with Crippen LogP contribution in [-0.2, 0) is 9.53 Å². The number of nitrogens with zero attached hydrogens (tertiary/aromatic N) is 2. The molecule has 2 atom stereocenters. The number of hydrogen-bond donors (Lipinski definition) is 0. The standard InChI is InChI=1S/C15H16N2O3/c18-14(9-16-7-8-20-15(16)19)17-12-5-6-13(17)11-4-2-1-3-10(11)12/h1-4,12-13H,5-9H2. The molecule has 5 nitrogen and oxygen atoms in total. The van der Waals surface area contributed by atoms with Crippen LogP contribution >= 0.6 is 0 Å². The summed E-state index contributed by atoms with van der Waals surface area (Å²) in [6.45, 7) is 1.04. The van der Waals surface area contributed by atoms with Crippen LogP contribution in [0.15, 0.2) is 24.3 Å². The number of carbonyl (C=O) groups excluding carboxylic acids is 2. The van der Waals surface area contributed by atoms with Crippen LogP contribution in [-0.4, -0.2) is 41.5 Å². The van der Waals surface area contributed by atoms with Crippen LogP contribution in [0.5, 0.6) is 0 Å². The molecule has 20 heavy (non-hydrogen) atoms. The van der Waals surface area contributed by atoms with E-state index in [0.29, 0.717) is 13.2 Å². The predicted molar refractivity (Wildman–Crippen MR) is 70.9 cm³/mol. The van der Waals surface area contributed by atoms with Crippen molar-refractivity contribution in [2.75, 3.05) is 19.7 Å². The molecule has 1 aromatic rings. The largest absolute Gasteiger partial charge is 0.448 e. The molecule has 0 aromatic heterocycles. The third-order valence-electron chi connectivity index (χ3n) is 4.56. The van der Waals surface area contributed by atoms with E-state index in [1.807, 2.05) is 17.0 Å². The van der Waals surface area contributed by atoms with E-state index in [1.165, 1.54) is 16.0 Å². The van der Waals surface area contributed by atoms with Crippen molar-refractivity contribution >= 4 is 12.0 Å². The first-order valence-electron chi connectivity index (χ1n) is 7.07. The Bertz CT molecular complexity index is 555. The van der Waals surface area contributed by atoms with E-state index in [2.05, 4.69) is 12.1 Å². The van der Waals surface area contributed by atoms with Crippen molar-refractivity contribution in [1.29, 1.82) is 0 Å². The molecule has 1 aromatic carbocycles. The fourth-order valence-electron chi connectivity index (χ4n) is 3.70. The van der Waals surface area contributed by atoms with E-state index in [-0.39, 0.29) is 30.6 Å². The highest BCUT2D eigenvalue weighted by atomic mass is 16.6. The van der Waals surface area contributed by atoms with Crippen LogP contribution in [0.1, 0.15) is 36.1 Å². The number of benzene rings is 1. The van der Waals surface area contributed by atoms with Crippen LogP contribution in [0.3, 0.4) is 0 Å². The summed E-state index contributed by atoms with van der Waals surface area (Å²) in [5.74, 6) is 0.0348. The smallest absolute Gasteiger partial charge is 0.410 e. The van der Waals surface area contributed by atoms with Crippen molar-refractivity contribution in [3.05, 3.63) is 35.4 Å². The van der Waals surface area contributed by atoms with Gasteiger partial charge in [-0.1, -0.05) is 24.3 Å². The van der Waals surface area contributed by atoms with Gasteiger partial charge in [-0.2, -0.15) is 0 Å². The molecule has 104 valence electrons. The molecule has 5 heteroatoms. The zero-order valence-electron chi connectivity index (χ0n) is 11.1. The van der Waals surface area contributed by atoms with Crippen LogP contribution in [0.2, 0.25) is 0 Å². The maximum atomic E-state index is 12.6. The molecule has 0 radical (unpaired) electrons. The van der Waals surface area contributed by atoms with Gasteiger partial charge in [0.25, 0.3) is 0 Å². The molecule has 2 unspecified atom stereocenters. The molecule has 3 aliphatic heterocycles. The Hall–Kier alpha value is -2.04. The van der Waals surface area contributed by atoms with Crippen LogP contribution in [0.4, 0.5) is 4.79 Å². The molecule has 3 heterocycles. The molecule has 0 aliphatic carbocycles. The molecule has 2 saturated heterocycles. The maximum Gasteiger partial charge on any atom is 0.410 e. The molecule has 3 aliphatic rings. The summed E-state index contributed by atoms with van der Waals surface area (Å²) in [5, 5.41) is 0. The molecule has 2 amide bonds. The van der Waals surface area contributed by atoms with Crippen molar-refractivity contribution in [3.63, 3.8) is 0 Å². The minimum Gasteiger partial charge on any atom is -0.448 e. The monoisotopic (exact) mass is 272 g/mol. The van der Waals surface area contributed by atoms with E-state index in [4.69, 9.17) is 4.74 Å². The Kier molecular flexibility index (Phi) is 2.49. The number of cyclic esters (lactones) is 1. The first-order chi connectivity index (χ1) is 9.75. The second kappa shape index (κ2) is 4.23. The Labute approximate surface area is 117 Å². The fraction of sp³-hybridized carbons (Fsp3) is 0.467. The average Bonchev–Trinajstić information content (AvgIpc) is 3.13. The minimum absolute atomic E-state index is 0.0348. The van der Waals surface area contributed by atoms with Gasteiger partial charge in [0.05, 0.1) is 18.6 Å². The molecule has 4 rings (SSSR count). The highest BCUT2D eigenvalue weighted by Gasteiger charge is 2.46. The summed E-state index contributed by atoms with van der Waals surface area (Å²) < 4.78 is 4.88. The molecule has 0 N–H and O–H groups in total. The van der Waals surface area contributed by atoms with Crippen molar-refractivity contribution in [1.82, 2.24) is 9.80 Å². The highest BCUT2D eigenvalue weighted by molar-refractivity contribution is 5.84. The summed E-state index contributed by atoms with van der Waals surface area (Å²) in [7, 11) is 0. The quantitative estimate of drug-likeness (QED) is 0.825. The van der Waals surface area contributed by atoms with E-state index >= 15 is 0 Å². The molecular formula is C15H16N2O3. The first-order valence-corrected chi connectivity index (χ1v) is 7.07. The SMILES string of the molecule is O=C1OCCN1CC(=O)N1C2CCC1c1ccccc12. The Balaban J connectivity index is 1.56. The predicted octanol–water partition coefficient (Wildman–Crippen LogP) is 1.86. The lowest BCUT2D eigenvalue weighted by Gasteiger charge is -2.24. The van der Waals surface area contributed by atoms with E-state index < -0.39 is 0 Å². The lowest BCUT2D eigenvalue weighted by Crippen LogP contribution is -2.39. The lowest BCUT2D eigenvalue weighted by atomic mass is 9.92. The van der Waals surface area contributed by atoms with Gasteiger partial charge in [0.1, 0.15) is 13.2 Å². The van der Waals surface area contributed by atoms with Crippen molar-refractivity contribution in [2.45, 2.75) is 24.9 Å². The Morgan fingerprint density at radius 2 is 1.85 bits per heavy atom. The normalized spacial score (nSPS) is 26.9. The fourth-order valence-corrected chi connectivity index (χ4v) is 3.70. The summed E-state index contributed by atoms with van der Waals surface area (Å²) >= 11 is 0. The van der Waals surface area contributed by atoms with Crippen molar-refractivity contribution in [3.8, 4) is 0 Å². The van der Waals surface area contributed by atoms with Gasteiger partial charge in [0.2, 0.25) is 5.91 Å². The van der Waals surface area contributed by atoms with Gasteiger partial charge in [-0.05, 0) is 24.0 Å². The third kappa shape index (κ3) is 1.55. The summed E-state index contributed by atoms with van der Waals surface area (Å²) in [6, 6.07) is 8.68. The van der Waals surface area contributed by atoms with Gasteiger partial charge >= 0.3 is 6.09 Å². The van der Waals surface area contributed by atoms with E-state index in [0.717, 1.165) is 12.8 Å². The number of carbonyl (C=O) groups is 2. The van der Waals surface area contributed by atoms with Crippen LogP contribution < -0.4 is 0 Å². The van der Waals surface area contributed by atoms with Gasteiger partial charge in [0, 0.05) is 0 Å². The molecule has 2 fully saturated rings. The Morgan fingerprint density at radius 1 is 1.20 bits per heavy atom. The maximum absolute atomic E-state index is 12.6. The minimum atomic E-state index is -0.373. The van der Waals surface area contributed by atoms with Gasteiger partial charge in [-0.3, -0.25) is 9.69 Å². The van der Waals surface area contributed by atoms with E-state index in [9.17, 15) is 9.59 Å². The number of rotatable bonds is 2. The van der Waals surface area contributed by atoms with Crippen LogP contribution in [0.25, 0.3) is 0 Å². The molecule has 0 saturated carbocycles. The van der Waals surface area contributed by atoms with Gasteiger partial charge < -0.3 is 9.64 Å². The average molecular weight is 272 g/mol. The van der Waals surface area contributed by atoms with Gasteiger partial charge in [0.15, 0.2) is 0 Å². The first kappa shape index (κ1) is 11.8. The second-order valence-corrected chi connectivity index (χ2v) is 5.57. The van der Waals surface area contributed by atoms with Gasteiger partial charge in [-0.15, -0.1) is 0 Å². The van der Waals surface area contributed by atoms with Gasteiger partial charge in [-0.25, -0.2) is 4.79 Å². The number of amides is 2. The number of ether oxygens (including phenoxy) is 1. The van der Waals surface area contributed by atoms with Crippen LogP contribution in [0, 0.1) is 0 Å². The number of hydrogen-bond acceptors (Lipinski definition) is 3. The van der Waals surface area contributed by atoms with E-state index in [1.54, 1.807) is 0 Å².